The molecule has 3 rings (SSSR count). The Balaban J connectivity index is 1.61. The largest absolute Gasteiger partial charge is 0.497 e. The van der Waals surface area contributed by atoms with Gasteiger partial charge in [0.25, 0.3) is 5.91 Å². The van der Waals surface area contributed by atoms with Gasteiger partial charge in [0.05, 0.1) is 12.8 Å². The molecule has 2 amide bonds. The van der Waals surface area contributed by atoms with E-state index in [1.165, 1.54) is 0 Å². The van der Waals surface area contributed by atoms with Crippen LogP contribution in [0.2, 0.25) is 0 Å². The Labute approximate surface area is 152 Å². The molecule has 1 fully saturated rings. The zero-order chi connectivity index (χ0) is 18.5. The minimum atomic E-state index is -0.309. The van der Waals surface area contributed by atoms with E-state index in [1.807, 2.05) is 31.2 Å². The smallest absolute Gasteiger partial charge is 0.271 e. The third kappa shape index (κ3) is 4.47. The van der Waals surface area contributed by atoms with Gasteiger partial charge in [0, 0.05) is 17.2 Å². The molecule has 6 heteroatoms. The van der Waals surface area contributed by atoms with Crippen LogP contribution in [0.15, 0.2) is 53.6 Å². The molecule has 1 aliphatic rings. The lowest BCUT2D eigenvalue weighted by atomic mass is 10.1. The highest BCUT2D eigenvalue weighted by Gasteiger charge is 2.29. The van der Waals surface area contributed by atoms with Gasteiger partial charge in [0.15, 0.2) is 0 Å². The summed E-state index contributed by atoms with van der Waals surface area (Å²) in [7, 11) is 1.55. The van der Waals surface area contributed by atoms with Gasteiger partial charge in [-0.05, 0) is 55.7 Å². The Morgan fingerprint density at radius 1 is 1.08 bits per heavy atom. The first-order valence-electron chi connectivity index (χ1n) is 8.47. The van der Waals surface area contributed by atoms with Crippen molar-refractivity contribution in [1.82, 2.24) is 5.43 Å². The molecule has 2 N–H and O–H groups in total. The minimum Gasteiger partial charge on any atom is -0.497 e. The Morgan fingerprint density at radius 2 is 1.81 bits per heavy atom. The number of anilines is 1. The second-order valence-corrected chi connectivity index (χ2v) is 6.21. The Morgan fingerprint density at radius 3 is 2.46 bits per heavy atom. The lowest BCUT2D eigenvalue weighted by molar-refractivity contribution is -0.117. The zero-order valence-electron chi connectivity index (χ0n) is 14.8. The summed E-state index contributed by atoms with van der Waals surface area (Å²) in [6, 6.07) is 14.3. The van der Waals surface area contributed by atoms with Crippen LogP contribution in [0.5, 0.6) is 5.75 Å². The summed E-state index contributed by atoms with van der Waals surface area (Å²) in [5.74, 6) is 0.553. The number of hydrazone groups is 1. The summed E-state index contributed by atoms with van der Waals surface area (Å²) in [5, 5.41) is 7.04. The first-order chi connectivity index (χ1) is 12.6. The average molecular weight is 351 g/mol. The Hall–Kier alpha value is -3.15. The van der Waals surface area contributed by atoms with E-state index in [2.05, 4.69) is 15.8 Å². The predicted molar refractivity (Wildman–Crippen MR) is 100 cm³/mol. The third-order valence-corrected chi connectivity index (χ3v) is 4.18. The first kappa shape index (κ1) is 17.7. The molecule has 0 saturated heterocycles. The van der Waals surface area contributed by atoms with Crippen molar-refractivity contribution in [2.24, 2.45) is 11.0 Å². The van der Waals surface area contributed by atoms with Crippen LogP contribution in [-0.4, -0.2) is 24.6 Å². The molecule has 0 aromatic heterocycles. The van der Waals surface area contributed by atoms with E-state index in [4.69, 9.17) is 4.74 Å². The molecule has 2 aromatic rings. The van der Waals surface area contributed by atoms with Crippen LogP contribution in [-0.2, 0) is 4.79 Å². The molecular weight excluding hydrogens is 330 g/mol. The molecule has 2 aromatic carbocycles. The van der Waals surface area contributed by atoms with Gasteiger partial charge in [-0.15, -0.1) is 0 Å². The first-order valence-corrected chi connectivity index (χ1v) is 8.47. The van der Waals surface area contributed by atoms with Crippen LogP contribution in [0.25, 0.3) is 0 Å². The molecule has 0 bridgehead atoms. The van der Waals surface area contributed by atoms with Gasteiger partial charge in [0.2, 0.25) is 5.91 Å². The number of rotatable bonds is 6. The molecule has 1 saturated carbocycles. The molecule has 0 aliphatic heterocycles. The van der Waals surface area contributed by atoms with Crippen molar-refractivity contribution >= 4 is 23.2 Å². The molecule has 1 aliphatic carbocycles. The highest BCUT2D eigenvalue weighted by atomic mass is 16.5. The number of nitrogens with zero attached hydrogens (tertiary/aromatic N) is 1. The minimum absolute atomic E-state index is 0.0775. The van der Waals surface area contributed by atoms with Crippen molar-refractivity contribution < 1.29 is 14.3 Å². The van der Waals surface area contributed by atoms with E-state index in [0.717, 1.165) is 24.1 Å². The molecule has 0 spiro atoms. The number of methoxy groups -OCH3 is 1. The maximum absolute atomic E-state index is 12.2. The summed E-state index contributed by atoms with van der Waals surface area (Å²) in [4.78, 5) is 23.9. The van der Waals surface area contributed by atoms with Crippen LogP contribution in [0.4, 0.5) is 5.69 Å². The predicted octanol–water partition coefficient (Wildman–Crippen LogP) is 3.20. The normalized spacial score (nSPS) is 13.8. The van der Waals surface area contributed by atoms with Crippen molar-refractivity contribution in [2.75, 3.05) is 12.4 Å². The van der Waals surface area contributed by atoms with Gasteiger partial charge < -0.3 is 10.1 Å². The topological polar surface area (TPSA) is 79.8 Å². The summed E-state index contributed by atoms with van der Waals surface area (Å²) in [6.45, 7) is 1.81. The average Bonchev–Trinajstić information content (AvgIpc) is 3.52. The highest BCUT2D eigenvalue weighted by Crippen LogP contribution is 2.30. The number of nitrogens with one attached hydrogen (secondary N) is 2. The van der Waals surface area contributed by atoms with Crippen molar-refractivity contribution in [3.05, 3.63) is 59.7 Å². The zero-order valence-corrected chi connectivity index (χ0v) is 14.8. The summed E-state index contributed by atoms with van der Waals surface area (Å²) < 4.78 is 5.11. The highest BCUT2D eigenvalue weighted by molar-refractivity contribution is 6.01. The molecule has 0 radical (unpaired) electrons. The lowest BCUT2D eigenvalue weighted by Crippen LogP contribution is -2.19. The number of ether oxygens (including phenoxy) is 1. The maximum Gasteiger partial charge on any atom is 0.271 e. The molecule has 6 nitrogen and oxygen atoms in total. The summed E-state index contributed by atoms with van der Waals surface area (Å²) in [5.41, 5.74) is 5.31. The Bertz CT molecular complexity index is 840. The van der Waals surface area contributed by atoms with Crippen LogP contribution < -0.4 is 15.5 Å². The lowest BCUT2D eigenvalue weighted by Gasteiger charge is -2.07. The van der Waals surface area contributed by atoms with E-state index in [9.17, 15) is 9.59 Å². The van der Waals surface area contributed by atoms with Gasteiger partial charge >= 0.3 is 0 Å². The second-order valence-electron chi connectivity index (χ2n) is 6.21. The van der Waals surface area contributed by atoms with E-state index in [-0.39, 0.29) is 17.7 Å². The fourth-order valence-electron chi connectivity index (χ4n) is 2.41. The SMILES string of the molecule is COc1cccc(C(=O)N/N=C(/C)c2ccc(NC(=O)C3CC3)cc2)c1. The van der Waals surface area contributed by atoms with Gasteiger partial charge in [-0.3, -0.25) is 9.59 Å². The van der Waals surface area contributed by atoms with Crippen LogP contribution in [0.3, 0.4) is 0 Å². The molecule has 0 heterocycles. The third-order valence-electron chi connectivity index (χ3n) is 4.18. The fraction of sp³-hybridized carbons (Fsp3) is 0.250. The molecule has 26 heavy (non-hydrogen) atoms. The van der Waals surface area contributed by atoms with Gasteiger partial charge in [-0.2, -0.15) is 5.10 Å². The number of hydrogen-bond acceptors (Lipinski definition) is 4. The number of benzene rings is 2. The van der Waals surface area contributed by atoms with E-state index in [1.54, 1.807) is 31.4 Å². The van der Waals surface area contributed by atoms with Crippen LogP contribution >= 0.6 is 0 Å². The Kier molecular flexibility index (Phi) is 5.31. The fourth-order valence-corrected chi connectivity index (χ4v) is 2.41. The van der Waals surface area contributed by atoms with E-state index in [0.29, 0.717) is 17.0 Å². The van der Waals surface area contributed by atoms with E-state index >= 15 is 0 Å². The summed E-state index contributed by atoms with van der Waals surface area (Å²) in [6.07, 6.45) is 1.95. The maximum atomic E-state index is 12.2. The van der Waals surface area contributed by atoms with Gasteiger partial charge in [-0.25, -0.2) is 5.43 Å². The monoisotopic (exact) mass is 351 g/mol. The van der Waals surface area contributed by atoms with Gasteiger partial charge in [0.1, 0.15) is 5.75 Å². The molecule has 134 valence electrons. The van der Waals surface area contributed by atoms with Crippen molar-refractivity contribution in [2.45, 2.75) is 19.8 Å². The second kappa shape index (κ2) is 7.82. The van der Waals surface area contributed by atoms with E-state index < -0.39 is 0 Å². The molecule has 0 unspecified atom stereocenters. The number of hydrogen-bond donors (Lipinski definition) is 2. The van der Waals surface area contributed by atoms with Crippen LogP contribution in [0, 0.1) is 5.92 Å². The molecular formula is C20H21N3O3. The molecule has 0 atom stereocenters. The quantitative estimate of drug-likeness (QED) is 0.619. The van der Waals surface area contributed by atoms with Crippen molar-refractivity contribution in [3.8, 4) is 5.75 Å². The van der Waals surface area contributed by atoms with Crippen molar-refractivity contribution in [3.63, 3.8) is 0 Å². The van der Waals surface area contributed by atoms with Crippen molar-refractivity contribution in [1.29, 1.82) is 0 Å². The number of amides is 2. The standard InChI is InChI=1S/C20H21N3O3/c1-13(22-23-20(25)16-4-3-5-18(12-16)26-2)14-8-10-17(11-9-14)21-19(24)15-6-7-15/h3-5,8-12,15H,6-7H2,1-2H3,(H,21,24)(H,23,25)/b22-13-. The summed E-state index contributed by atoms with van der Waals surface area (Å²) >= 11 is 0. The van der Waals surface area contributed by atoms with Crippen LogP contribution in [0.1, 0.15) is 35.7 Å². The number of carbonyl (C=O) groups is 2. The van der Waals surface area contributed by atoms with Gasteiger partial charge in [-0.1, -0.05) is 18.2 Å². The number of carbonyl (C=O) groups excluding carboxylic acids is 2.